The third kappa shape index (κ3) is 2.03. The van der Waals surface area contributed by atoms with Crippen molar-refractivity contribution in [2.24, 2.45) is 4.99 Å². The molecule has 1 aliphatic rings. The van der Waals surface area contributed by atoms with Crippen LogP contribution in [0.1, 0.15) is 29.1 Å². The van der Waals surface area contributed by atoms with Gasteiger partial charge < -0.3 is 9.52 Å². The number of fused-ring (bicyclic) bond motifs is 3. The summed E-state index contributed by atoms with van der Waals surface area (Å²) in [6, 6.07) is 9.52. The van der Waals surface area contributed by atoms with E-state index in [-0.39, 0.29) is 0 Å². The summed E-state index contributed by atoms with van der Waals surface area (Å²) in [4.78, 5) is 8.82. The van der Waals surface area contributed by atoms with Crippen molar-refractivity contribution in [3.63, 3.8) is 0 Å². The molecule has 3 heterocycles. The second-order valence-corrected chi connectivity index (χ2v) is 6.02. The highest BCUT2D eigenvalue weighted by atomic mass is 79.9. The fraction of sp³-hybridized carbons (Fsp3) is 0.125. The summed E-state index contributed by atoms with van der Waals surface area (Å²) in [6.45, 7) is 1.89. The lowest BCUT2D eigenvalue weighted by Crippen LogP contribution is -2.06. The first-order chi connectivity index (χ1) is 10.6. The molecule has 0 aliphatic carbocycles. The Labute approximate surface area is 135 Å². The summed E-state index contributed by atoms with van der Waals surface area (Å²) >= 11 is 3.49. The van der Waals surface area contributed by atoms with Crippen molar-refractivity contribution in [2.45, 2.75) is 13.2 Å². The lowest BCUT2D eigenvalue weighted by atomic mass is 10.1. The Morgan fingerprint density at radius 2 is 2.18 bits per heavy atom. The van der Waals surface area contributed by atoms with Gasteiger partial charge in [-0.05, 0) is 37.3 Å². The average Bonchev–Trinajstić information content (AvgIpc) is 3.12. The molecule has 1 aromatic carbocycles. The number of aryl methyl sites for hydroxylation is 1. The highest BCUT2D eigenvalue weighted by molar-refractivity contribution is 9.10. The molecule has 4 rings (SSSR count). The minimum atomic E-state index is -1.04. The maximum atomic E-state index is 10.4. The summed E-state index contributed by atoms with van der Waals surface area (Å²) in [5, 5.41) is 10.4. The second-order valence-electron chi connectivity index (χ2n) is 5.10. The second kappa shape index (κ2) is 4.93. The molecule has 0 saturated carbocycles. The van der Waals surface area contributed by atoms with Crippen LogP contribution in [0, 0.1) is 6.92 Å². The molecule has 1 aliphatic heterocycles. The Balaban J connectivity index is 2.05. The van der Waals surface area contributed by atoms with Gasteiger partial charge in [0.2, 0.25) is 6.23 Å². The van der Waals surface area contributed by atoms with Gasteiger partial charge in [-0.25, -0.2) is 9.98 Å². The Bertz CT molecular complexity index is 881. The lowest BCUT2D eigenvalue weighted by Gasteiger charge is -2.10. The van der Waals surface area contributed by atoms with E-state index in [4.69, 9.17) is 4.42 Å². The molecule has 22 heavy (non-hydrogen) atoms. The number of aliphatic hydroxyl groups excluding tert-OH is 1. The Morgan fingerprint density at radius 3 is 2.95 bits per heavy atom. The van der Waals surface area contributed by atoms with Gasteiger partial charge in [-0.3, -0.25) is 4.57 Å². The highest BCUT2D eigenvalue weighted by Gasteiger charge is 2.26. The van der Waals surface area contributed by atoms with E-state index < -0.39 is 6.23 Å². The number of rotatable bonds is 1. The highest BCUT2D eigenvalue weighted by Crippen LogP contribution is 2.31. The molecular formula is C16H12BrN3O2. The standard InChI is InChI=1S/C16H12BrN3O2/c1-9-8-20-12-5-4-10(17)7-11(12)14(13-3-2-6-22-13)19-16(21)15(20)18-9/h2-8,16,21H,1H3. The molecule has 1 unspecified atom stereocenters. The third-order valence-corrected chi connectivity index (χ3v) is 4.06. The van der Waals surface area contributed by atoms with Crippen molar-refractivity contribution >= 4 is 21.6 Å². The first kappa shape index (κ1) is 13.5. The molecule has 110 valence electrons. The zero-order valence-corrected chi connectivity index (χ0v) is 13.3. The average molecular weight is 358 g/mol. The van der Waals surface area contributed by atoms with Crippen molar-refractivity contribution in [1.82, 2.24) is 9.55 Å². The maximum Gasteiger partial charge on any atom is 0.205 e. The molecule has 0 spiro atoms. The van der Waals surface area contributed by atoms with Crippen LogP contribution in [-0.2, 0) is 0 Å². The van der Waals surface area contributed by atoms with Crippen LogP contribution in [0.4, 0.5) is 0 Å². The minimum Gasteiger partial charge on any atom is -0.463 e. The number of aliphatic hydroxyl groups is 1. The van der Waals surface area contributed by atoms with E-state index in [1.165, 1.54) is 0 Å². The van der Waals surface area contributed by atoms with E-state index in [0.717, 1.165) is 21.4 Å². The molecule has 0 bridgehead atoms. The molecule has 0 fully saturated rings. The summed E-state index contributed by atoms with van der Waals surface area (Å²) in [7, 11) is 0. The largest absolute Gasteiger partial charge is 0.463 e. The molecule has 1 N–H and O–H groups in total. The van der Waals surface area contributed by atoms with Crippen molar-refractivity contribution in [1.29, 1.82) is 0 Å². The van der Waals surface area contributed by atoms with Gasteiger partial charge in [-0.15, -0.1) is 0 Å². The number of aromatic nitrogens is 2. The predicted octanol–water partition coefficient (Wildman–Crippen LogP) is 3.38. The Kier molecular flexibility index (Phi) is 3.02. The summed E-state index contributed by atoms with van der Waals surface area (Å²) < 4.78 is 8.29. The lowest BCUT2D eigenvalue weighted by molar-refractivity contribution is 0.177. The molecule has 1 atom stereocenters. The Morgan fingerprint density at radius 1 is 1.32 bits per heavy atom. The van der Waals surface area contributed by atoms with Gasteiger partial charge in [0, 0.05) is 16.2 Å². The molecule has 0 amide bonds. The number of furan rings is 1. The zero-order valence-electron chi connectivity index (χ0n) is 11.7. The molecular weight excluding hydrogens is 346 g/mol. The number of aliphatic imine (C=N–C) groups is 1. The fourth-order valence-corrected chi connectivity index (χ4v) is 3.02. The van der Waals surface area contributed by atoms with Gasteiger partial charge in [-0.2, -0.15) is 0 Å². The van der Waals surface area contributed by atoms with Gasteiger partial charge in [0.15, 0.2) is 11.6 Å². The number of benzene rings is 1. The number of nitrogens with zero attached hydrogens (tertiary/aromatic N) is 3. The molecule has 5 nitrogen and oxygen atoms in total. The quantitative estimate of drug-likeness (QED) is 0.725. The molecule has 6 heteroatoms. The van der Waals surface area contributed by atoms with Crippen LogP contribution < -0.4 is 0 Å². The number of hydrogen-bond donors (Lipinski definition) is 1. The summed E-state index contributed by atoms with van der Waals surface area (Å²) in [5.41, 5.74) is 3.22. The van der Waals surface area contributed by atoms with Gasteiger partial charge in [0.25, 0.3) is 0 Å². The van der Waals surface area contributed by atoms with Crippen molar-refractivity contribution in [3.05, 3.63) is 70.1 Å². The first-order valence-electron chi connectivity index (χ1n) is 6.79. The van der Waals surface area contributed by atoms with E-state index in [0.29, 0.717) is 17.3 Å². The number of hydrogen-bond acceptors (Lipinski definition) is 4. The van der Waals surface area contributed by atoms with E-state index >= 15 is 0 Å². The SMILES string of the molecule is Cc1cn2c(n1)C(O)N=C(c1ccco1)c1cc(Br)ccc1-2. The minimum absolute atomic E-state index is 0.502. The van der Waals surface area contributed by atoms with Crippen LogP contribution in [0.5, 0.6) is 0 Å². The van der Waals surface area contributed by atoms with Crippen molar-refractivity contribution in [2.75, 3.05) is 0 Å². The van der Waals surface area contributed by atoms with E-state index in [9.17, 15) is 5.11 Å². The third-order valence-electron chi connectivity index (χ3n) is 3.56. The normalized spacial score (nSPS) is 16.7. The molecule has 3 aromatic rings. The van der Waals surface area contributed by atoms with Crippen LogP contribution in [0.15, 0.2) is 56.7 Å². The molecule has 0 radical (unpaired) electrons. The Hall–Kier alpha value is -2.18. The van der Waals surface area contributed by atoms with Crippen LogP contribution in [0.3, 0.4) is 0 Å². The zero-order chi connectivity index (χ0) is 15.3. The van der Waals surface area contributed by atoms with Crippen LogP contribution >= 0.6 is 15.9 Å². The van der Waals surface area contributed by atoms with Gasteiger partial charge in [0.1, 0.15) is 5.71 Å². The number of imidazole rings is 1. The first-order valence-corrected chi connectivity index (χ1v) is 7.59. The predicted molar refractivity (Wildman–Crippen MR) is 85.3 cm³/mol. The summed E-state index contributed by atoms with van der Waals surface area (Å²) in [6.07, 6.45) is 2.45. The van der Waals surface area contributed by atoms with E-state index in [1.54, 1.807) is 12.3 Å². The van der Waals surface area contributed by atoms with Crippen LogP contribution in [-0.4, -0.2) is 20.4 Å². The maximum absolute atomic E-state index is 10.4. The van der Waals surface area contributed by atoms with Gasteiger partial charge in [-0.1, -0.05) is 15.9 Å². The summed E-state index contributed by atoms with van der Waals surface area (Å²) in [5.74, 6) is 1.11. The molecule has 2 aromatic heterocycles. The van der Waals surface area contributed by atoms with Crippen LogP contribution in [0.25, 0.3) is 5.69 Å². The van der Waals surface area contributed by atoms with E-state index in [2.05, 4.69) is 25.9 Å². The van der Waals surface area contributed by atoms with Crippen LogP contribution in [0.2, 0.25) is 0 Å². The van der Waals surface area contributed by atoms with Crippen molar-refractivity contribution < 1.29 is 9.52 Å². The number of halogens is 1. The molecule has 0 saturated heterocycles. The van der Waals surface area contributed by atoms with Gasteiger partial charge in [0.05, 0.1) is 17.6 Å². The van der Waals surface area contributed by atoms with Crippen molar-refractivity contribution in [3.8, 4) is 5.69 Å². The van der Waals surface area contributed by atoms with E-state index in [1.807, 2.05) is 42.0 Å². The fourth-order valence-electron chi connectivity index (χ4n) is 2.66. The van der Waals surface area contributed by atoms with Gasteiger partial charge >= 0.3 is 0 Å². The smallest absolute Gasteiger partial charge is 0.205 e. The topological polar surface area (TPSA) is 63.5 Å². The monoisotopic (exact) mass is 357 g/mol.